The average Bonchev–Trinajstić information content (AvgIpc) is 2.74. The fourth-order valence-electron chi connectivity index (χ4n) is 2.89. The van der Waals surface area contributed by atoms with Crippen LogP contribution >= 0.6 is 0 Å². The van der Waals surface area contributed by atoms with Crippen LogP contribution in [0.15, 0.2) is 0 Å². The summed E-state index contributed by atoms with van der Waals surface area (Å²) >= 11 is 0. The van der Waals surface area contributed by atoms with Crippen molar-refractivity contribution in [1.82, 2.24) is 4.90 Å². The normalized spacial score (nSPS) is 35.6. The predicted molar refractivity (Wildman–Crippen MR) is 58.2 cm³/mol. The molecule has 2 rings (SSSR count). The fourth-order valence-corrected chi connectivity index (χ4v) is 2.89. The van der Waals surface area contributed by atoms with Crippen LogP contribution in [-0.4, -0.2) is 35.7 Å². The van der Waals surface area contributed by atoms with Gasteiger partial charge in [0, 0.05) is 13.1 Å². The molecule has 2 fully saturated rings. The lowest BCUT2D eigenvalue weighted by molar-refractivity contribution is 0.147. The molecule has 1 saturated heterocycles. The first kappa shape index (κ1) is 10.4. The molecule has 0 amide bonds. The molecule has 14 heavy (non-hydrogen) atoms. The highest BCUT2D eigenvalue weighted by Gasteiger charge is 2.27. The molecule has 0 aromatic carbocycles. The Balaban J connectivity index is 1.66. The summed E-state index contributed by atoms with van der Waals surface area (Å²) in [6.45, 7) is 5.38. The monoisotopic (exact) mass is 197 g/mol. The first-order chi connectivity index (χ1) is 6.75. The zero-order valence-electron chi connectivity index (χ0n) is 9.28. The zero-order chi connectivity index (χ0) is 9.97. The topological polar surface area (TPSA) is 23.5 Å². The van der Waals surface area contributed by atoms with Gasteiger partial charge in [-0.15, -0.1) is 0 Å². The number of nitrogens with zero attached hydrogens (tertiary/aromatic N) is 1. The summed E-state index contributed by atoms with van der Waals surface area (Å²) < 4.78 is 0. The largest absolute Gasteiger partial charge is 0.391 e. The van der Waals surface area contributed by atoms with Gasteiger partial charge in [0.15, 0.2) is 0 Å². The number of β-amino-alcohol motifs (C(OH)–C–C–N with tert-alkyl or cyclic N) is 1. The van der Waals surface area contributed by atoms with Crippen molar-refractivity contribution < 1.29 is 5.11 Å². The Morgan fingerprint density at radius 1 is 1.21 bits per heavy atom. The minimum atomic E-state index is -0.0708. The van der Waals surface area contributed by atoms with Gasteiger partial charge in [-0.25, -0.2) is 0 Å². The number of aliphatic hydroxyl groups excluding tert-OH is 1. The van der Waals surface area contributed by atoms with Gasteiger partial charge in [0.05, 0.1) is 6.10 Å². The number of likely N-dealkylation sites (tertiary alicyclic amines) is 1. The van der Waals surface area contributed by atoms with Crippen LogP contribution < -0.4 is 0 Å². The second-order valence-electron chi connectivity index (χ2n) is 5.24. The molecule has 82 valence electrons. The van der Waals surface area contributed by atoms with Gasteiger partial charge < -0.3 is 10.0 Å². The highest BCUT2D eigenvalue weighted by Crippen LogP contribution is 2.28. The van der Waals surface area contributed by atoms with E-state index in [4.69, 9.17) is 0 Å². The van der Waals surface area contributed by atoms with Crippen molar-refractivity contribution in [1.29, 1.82) is 0 Å². The van der Waals surface area contributed by atoms with Crippen LogP contribution in [0.4, 0.5) is 0 Å². The number of rotatable bonds is 3. The molecule has 1 aliphatic carbocycles. The van der Waals surface area contributed by atoms with Crippen LogP contribution in [0.1, 0.15) is 39.0 Å². The summed E-state index contributed by atoms with van der Waals surface area (Å²) in [5.41, 5.74) is 0. The Bertz CT molecular complexity index is 167. The van der Waals surface area contributed by atoms with E-state index in [-0.39, 0.29) is 6.10 Å². The first-order valence-corrected chi connectivity index (χ1v) is 6.16. The Labute approximate surface area is 87.3 Å². The molecule has 1 N–H and O–H groups in total. The molecule has 2 aliphatic rings. The molecule has 0 radical (unpaired) electrons. The quantitative estimate of drug-likeness (QED) is 0.746. The third kappa shape index (κ3) is 2.48. The van der Waals surface area contributed by atoms with Gasteiger partial charge in [-0.3, -0.25) is 0 Å². The van der Waals surface area contributed by atoms with Gasteiger partial charge in [-0.05, 0) is 24.8 Å². The lowest BCUT2D eigenvalue weighted by Gasteiger charge is -2.17. The van der Waals surface area contributed by atoms with E-state index in [9.17, 15) is 5.11 Å². The Kier molecular flexibility index (Phi) is 3.45. The van der Waals surface area contributed by atoms with Gasteiger partial charge >= 0.3 is 0 Å². The lowest BCUT2D eigenvalue weighted by Crippen LogP contribution is -2.24. The van der Waals surface area contributed by atoms with Crippen LogP contribution in [0.5, 0.6) is 0 Å². The van der Waals surface area contributed by atoms with E-state index in [1.54, 1.807) is 0 Å². The minimum Gasteiger partial charge on any atom is -0.391 e. The van der Waals surface area contributed by atoms with Gasteiger partial charge in [0.2, 0.25) is 0 Å². The summed E-state index contributed by atoms with van der Waals surface area (Å²) in [5, 5.41) is 9.62. The van der Waals surface area contributed by atoms with Crippen LogP contribution in [0, 0.1) is 11.8 Å². The van der Waals surface area contributed by atoms with E-state index in [2.05, 4.69) is 11.8 Å². The number of hydrogen-bond acceptors (Lipinski definition) is 2. The molecular weight excluding hydrogens is 174 g/mol. The minimum absolute atomic E-state index is 0.0708. The second kappa shape index (κ2) is 4.63. The van der Waals surface area contributed by atoms with Crippen molar-refractivity contribution in [3.8, 4) is 0 Å². The molecule has 0 aromatic heterocycles. The van der Waals surface area contributed by atoms with Crippen molar-refractivity contribution in [3.05, 3.63) is 0 Å². The van der Waals surface area contributed by atoms with Crippen molar-refractivity contribution >= 4 is 0 Å². The highest BCUT2D eigenvalue weighted by molar-refractivity contribution is 4.81. The van der Waals surface area contributed by atoms with Crippen LogP contribution in [0.3, 0.4) is 0 Å². The summed E-state index contributed by atoms with van der Waals surface area (Å²) in [7, 11) is 0. The predicted octanol–water partition coefficient (Wildman–Crippen LogP) is 1.88. The zero-order valence-corrected chi connectivity index (χ0v) is 9.28. The van der Waals surface area contributed by atoms with Gasteiger partial charge in [-0.2, -0.15) is 0 Å². The van der Waals surface area contributed by atoms with Crippen molar-refractivity contribution in [2.24, 2.45) is 11.8 Å². The molecule has 2 atom stereocenters. The first-order valence-electron chi connectivity index (χ1n) is 6.16. The van der Waals surface area contributed by atoms with Crippen molar-refractivity contribution in [2.45, 2.75) is 45.1 Å². The Hall–Kier alpha value is -0.0800. The number of hydrogen-bond donors (Lipinski definition) is 1. The standard InChI is InChI=1S/C12H23NO/c1-10-8-13(9-12(10)14)7-6-11-4-2-3-5-11/h10-12,14H,2-9H2,1H3. The number of aliphatic hydroxyl groups is 1. The van der Waals surface area contributed by atoms with E-state index >= 15 is 0 Å². The fraction of sp³-hybridized carbons (Fsp3) is 1.00. The van der Waals surface area contributed by atoms with Crippen molar-refractivity contribution in [2.75, 3.05) is 19.6 Å². The summed E-state index contributed by atoms with van der Waals surface area (Å²) in [6.07, 6.45) is 7.09. The molecule has 2 unspecified atom stereocenters. The van der Waals surface area contributed by atoms with Gasteiger partial charge in [-0.1, -0.05) is 32.6 Å². The maximum atomic E-state index is 9.62. The third-order valence-corrected chi connectivity index (χ3v) is 3.98. The molecule has 0 bridgehead atoms. The maximum Gasteiger partial charge on any atom is 0.0704 e. The Morgan fingerprint density at radius 3 is 2.50 bits per heavy atom. The maximum absolute atomic E-state index is 9.62. The third-order valence-electron chi connectivity index (χ3n) is 3.98. The van der Waals surface area contributed by atoms with Crippen LogP contribution in [0.2, 0.25) is 0 Å². The molecule has 2 heteroatoms. The lowest BCUT2D eigenvalue weighted by atomic mass is 10.0. The summed E-state index contributed by atoms with van der Waals surface area (Å²) in [4.78, 5) is 2.44. The van der Waals surface area contributed by atoms with Crippen LogP contribution in [-0.2, 0) is 0 Å². The van der Waals surface area contributed by atoms with Gasteiger partial charge in [0.1, 0.15) is 0 Å². The average molecular weight is 197 g/mol. The van der Waals surface area contributed by atoms with E-state index in [1.165, 1.54) is 38.6 Å². The summed E-state index contributed by atoms with van der Waals surface area (Å²) in [5.74, 6) is 1.47. The summed E-state index contributed by atoms with van der Waals surface area (Å²) in [6, 6.07) is 0. The molecule has 1 saturated carbocycles. The molecule has 1 aliphatic heterocycles. The van der Waals surface area contributed by atoms with E-state index in [1.807, 2.05) is 0 Å². The second-order valence-corrected chi connectivity index (χ2v) is 5.24. The molecule has 1 heterocycles. The van der Waals surface area contributed by atoms with Gasteiger partial charge in [0.25, 0.3) is 0 Å². The smallest absolute Gasteiger partial charge is 0.0704 e. The van der Waals surface area contributed by atoms with E-state index < -0.39 is 0 Å². The molecule has 0 aromatic rings. The molecule has 2 nitrogen and oxygen atoms in total. The SMILES string of the molecule is CC1CN(CCC2CCCC2)CC1O. The highest BCUT2D eigenvalue weighted by atomic mass is 16.3. The molecule has 0 spiro atoms. The Morgan fingerprint density at radius 2 is 1.93 bits per heavy atom. The molecular formula is C12H23NO. The van der Waals surface area contributed by atoms with Crippen molar-refractivity contribution in [3.63, 3.8) is 0 Å². The van der Waals surface area contributed by atoms with Crippen LogP contribution in [0.25, 0.3) is 0 Å². The van der Waals surface area contributed by atoms with E-state index in [0.29, 0.717) is 5.92 Å². The van der Waals surface area contributed by atoms with E-state index in [0.717, 1.165) is 19.0 Å².